The third-order valence-corrected chi connectivity index (χ3v) is 5.79. The Morgan fingerprint density at radius 2 is 1.31 bits per heavy atom. The van der Waals surface area contributed by atoms with Crippen molar-refractivity contribution in [3.05, 3.63) is 52.0 Å². The first kappa shape index (κ1) is 24.3. The molecule has 2 heterocycles. The van der Waals surface area contributed by atoms with Crippen LogP contribution in [0.1, 0.15) is 56.7 Å². The van der Waals surface area contributed by atoms with Crippen molar-refractivity contribution in [2.45, 2.75) is 46.1 Å². The van der Waals surface area contributed by atoms with Gasteiger partial charge in [0.25, 0.3) is 0 Å². The van der Waals surface area contributed by atoms with Crippen molar-refractivity contribution in [2.75, 3.05) is 21.3 Å². The lowest BCUT2D eigenvalue weighted by Gasteiger charge is -2.16. The van der Waals surface area contributed by atoms with Gasteiger partial charge in [0.2, 0.25) is 0 Å². The van der Waals surface area contributed by atoms with Crippen LogP contribution in [0.5, 0.6) is 23.0 Å². The fourth-order valence-electron chi connectivity index (χ4n) is 4.08. The van der Waals surface area contributed by atoms with E-state index >= 15 is 0 Å². The van der Waals surface area contributed by atoms with Crippen molar-refractivity contribution >= 4 is 21.8 Å². The molecule has 2 aromatic carbocycles. The number of hydrogen-bond donors (Lipinski definition) is 1. The van der Waals surface area contributed by atoms with Crippen molar-refractivity contribution in [1.82, 2.24) is 19.9 Å². The molecule has 0 unspecified atom stereocenters. The Hall–Kier alpha value is -3.88. The van der Waals surface area contributed by atoms with Crippen LogP contribution in [0.4, 0.5) is 0 Å². The van der Waals surface area contributed by atoms with Gasteiger partial charge in [-0.15, -0.1) is 0 Å². The van der Waals surface area contributed by atoms with Crippen molar-refractivity contribution < 1.29 is 18.9 Å². The van der Waals surface area contributed by atoms with Crippen molar-refractivity contribution in [3.8, 4) is 23.0 Å². The number of methoxy groups -OCH3 is 3. The lowest BCUT2D eigenvalue weighted by molar-refractivity contribution is 0.277. The molecule has 0 atom stereocenters. The number of hydrogen-bond acceptors (Lipinski definition) is 8. The molecular weight excluding hydrogens is 448 g/mol. The lowest BCUT2D eigenvalue weighted by atomic mass is 10.0. The van der Waals surface area contributed by atoms with Gasteiger partial charge in [-0.2, -0.15) is 4.98 Å². The van der Waals surface area contributed by atoms with Crippen LogP contribution in [-0.2, 0) is 6.61 Å². The summed E-state index contributed by atoms with van der Waals surface area (Å²) in [5.41, 5.74) is 2.55. The highest BCUT2D eigenvalue weighted by molar-refractivity contribution is 5.86. The van der Waals surface area contributed by atoms with E-state index in [-0.39, 0.29) is 18.4 Å². The highest BCUT2D eigenvalue weighted by Crippen LogP contribution is 2.36. The molecule has 9 nitrogen and oxygen atoms in total. The number of aromatic amines is 1. The highest BCUT2D eigenvalue weighted by Gasteiger charge is 2.17. The van der Waals surface area contributed by atoms with Crippen LogP contribution in [0.2, 0.25) is 0 Å². The predicted molar refractivity (Wildman–Crippen MR) is 134 cm³/mol. The number of nitrogens with one attached hydrogen (secondary N) is 1. The van der Waals surface area contributed by atoms with E-state index in [2.05, 4.69) is 23.8 Å². The molecule has 35 heavy (non-hydrogen) atoms. The van der Waals surface area contributed by atoms with Crippen molar-refractivity contribution in [2.24, 2.45) is 0 Å². The summed E-state index contributed by atoms with van der Waals surface area (Å²) in [7, 11) is 4.77. The van der Waals surface area contributed by atoms with Gasteiger partial charge >= 0.3 is 5.69 Å². The molecule has 0 saturated heterocycles. The van der Waals surface area contributed by atoms with Gasteiger partial charge in [0, 0.05) is 28.6 Å². The Bertz CT molecular complexity index is 1450. The van der Waals surface area contributed by atoms with Gasteiger partial charge in [0.05, 0.1) is 38.1 Å². The SMILES string of the molecule is COc1cc2nc(COc3cc4nc(=O)[nH]c(C(C)C)c4cc3OC)nc(C(C)C)c2cc1OC. The minimum Gasteiger partial charge on any atom is -0.493 e. The minimum absolute atomic E-state index is 0.103. The first-order valence-electron chi connectivity index (χ1n) is 11.4. The maximum atomic E-state index is 12.1. The highest BCUT2D eigenvalue weighted by atomic mass is 16.5. The number of nitrogens with zero attached hydrogens (tertiary/aromatic N) is 3. The van der Waals surface area contributed by atoms with Gasteiger partial charge in [0.1, 0.15) is 6.61 Å². The number of H-pyrrole nitrogens is 1. The summed E-state index contributed by atoms with van der Waals surface area (Å²) in [5, 5.41) is 1.71. The number of benzene rings is 2. The average molecular weight is 479 g/mol. The number of aromatic nitrogens is 4. The fraction of sp³-hybridized carbons (Fsp3) is 0.385. The molecule has 0 fully saturated rings. The van der Waals surface area contributed by atoms with Crippen LogP contribution in [0.15, 0.2) is 29.1 Å². The summed E-state index contributed by atoms with van der Waals surface area (Å²) in [6.07, 6.45) is 0. The Labute approximate surface area is 203 Å². The molecule has 184 valence electrons. The van der Waals surface area contributed by atoms with Crippen molar-refractivity contribution in [1.29, 1.82) is 0 Å². The summed E-state index contributed by atoms with van der Waals surface area (Å²) < 4.78 is 22.6. The maximum Gasteiger partial charge on any atom is 0.345 e. The molecule has 1 N–H and O–H groups in total. The van der Waals surface area contributed by atoms with E-state index in [1.54, 1.807) is 27.4 Å². The van der Waals surface area contributed by atoms with E-state index in [9.17, 15) is 4.79 Å². The fourth-order valence-corrected chi connectivity index (χ4v) is 4.08. The zero-order chi connectivity index (χ0) is 25.3. The molecule has 0 aliphatic carbocycles. The molecule has 0 amide bonds. The zero-order valence-electron chi connectivity index (χ0n) is 21.1. The second-order valence-electron chi connectivity index (χ2n) is 8.82. The van der Waals surface area contributed by atoms with E-state index in [0.717, 1.165) is 27.7 Å². The van der Waals surface area contributed by atoms with E-state index in [4.69, 9.17) is 28.9 Å². The first-order chi connectivity index (χ1) is 16.7. The molecule has 9 heteroatoms. The van der Waals surface area contributed by atoms with Crippen molar-refractivity contribution in [3.63, 3.8) is 0 Å². The van der Waals surface area contributed by atoms with Gasteiger partial charge in [-0.3, -0.25) is 0 Å². The maximum absolute atomic E-state index is 12.1. The average Bonchev–Trinajstić information content (AvgIpc) is 2.84. The lowest BCUT2D eigenvalue weighted by Crippen LogP contribution is -2.14. The third kappa shape index (κ3) is 4.71. The zero-order valence-corrected chi connectivity index (χ0v) is 21.1. The minimum atomic E-state index is -0.402. The van der Waals surface area contributed by atoms with E-state index < -0.39 is 5.69 Å². The molecule has 4 rings (SSSR count). The van der Waals surface area contributed by atoms with E-state index in [1.165, 1.54) is 0 Å². The molecule has 2 aromatic heterocycles. The van der Waals surface area contributed by atoms with Crippen LogP contribution in [0.25, 0.3) is 21.8 Å². The summed E-state index contributed by atoms with van der Waals surface area (Å²) in [6.45, 7) is 8.27. The Balaban J connectivity index is 1.75. The molecule has 0 aliphatic rings. The second-order valence-corrected chi connectivity index (χ2v) is 8.82. The summed E-state index contributed by atoms with van der Waals surface area (Å²) in [6, 6.07) is 7.29. The predicted octanol–water partition coefficient (Wildman–Crippen LogP) is 4.72. The molecular formula is C26H30N4O5. The van der Waals surface area contributed by atoms with E-state index in [0.29, 0.717) is 34.3 Å². The Morgan fingerprint density at radius 3 is 1.94 bits per heavy atom. The molecule has 0 saturated carbocycles. The summed E-state index contributed by atoms with van der Waals surface area (Å²) in [4.78, 5) is 28.5. The smallest absolute Gasteiger partial charge is 0.345 e. The Morgan fingerprint density at radius 1 is 0.743 bits per heavy atom. The quantitative estimate of drug-likeness (QED) is 0.388. The van der Waals surface area contributed by atoms with Crippen LogP contribution >= 0.6 is 0 Å². The first-order valence-corrected chi connectivity index (χ1v) is 11.4. The van der Waals surface area contributed by atoms with E-state index in [1.807, 2.05) is 32.0 Å². The Kier molecular flexibility index (Phi) is 6.77. The van der Waals surface area contributed by atoms with Crippen LogP contribution in [0.3, 0.4) is 0 Å². The number of ether oxygens (including phenoxy) is 4. The van der Waals surface area contributed by atoms with Gasteiger partial charge in [-0.25, -0.2) is 14.8 Å². The van der Waals surface area contributed by atoms with Crippen LogP contribution in [-0.4, -0.2) is 41.3 Å². The molecule has 0 radical (unpaired) electrons. The van der Waals surface area contributed by atoms with Gasteiger partial charge in [0.15, 0.2) is 28.8 Å². The molecule has 0 bridgehead atoms. The topological polar surface area (TPSA) is 108 Å². The number of fused-ring (bicyclic) bond motifs is 2. The summed E-state index contributed by atoms with van der Waals surface area (Å²) >= 11 is 0. The van der Waals surface area contributed by atoms with Crippen LogP contribution in [0, 0.1) is 0 Å². The molecule has 0 aliphatic heterocycles. The van der Waals surface area contributed by atoms with Crippen LogP contribution < -0.4 is 24.6 Å². The number of rotatable bonds is 8. The molecule has 0 spiro atoms. The summed E-state index contributed by atoms with van der Waals surface area (Å²) in [5.74, 6) is 2.97. The normalized spacial score (nSPS) is 11.5. The van der Waals surface area contributed by atoms with Gasteiger partial charge in [-0.05, 0) is 24.0 Å². The standard InChI is InChI=1S/C26H30N4O5/c1-13(2)24-15-8-19(32-5)21(34-7)10-17(15)27-23(29-24)12-35-22-11-18-16(9-20(22)33-6)25(14(3)4)30-26(31)28-18/h8-11,13-14H,12H2,1-7H3,(H,28,30,31). The second kappa shape index (κ2) is 9.77. The van der Waals surface area contributed by atoms with Gasteiger partial charge < -0.3 is 23.9 Å². The molecule has 4 aromatic rings. The van der Waals surface area contributed by atoms with Gasteiger partial charge in [-0.1, -0.05) is 27.7 Å². The monoisotopic (exact) mass is 478 g/mol. The largest absolute Gasteiger partial charge is 0.493 e. The third-order valence-electron chi connectivity index (χ3n) is 5.79.